The van der Waals surface area contributed by atoms with E-state index in [1.165, 1.54) is 25.7 Å². The van der Waals surface area contributed by atoms with Crippen molar-refractivity contribution in [3.05, 3.63) is 53.9 Å². The van der Waals surface area contributed by atoms with Crippen LogP contribution in [-0.2, 0) is 6.42 Å². The molecule has 0 aliphatic carbocycles. The molecule has 0 atom stereocenters. The molecule has 26 heavy (non-hydrogen) atoms. The standard InChI is InChI=1S/C21H27N3O2/c1-26-19-8-6-7-17(15-19)11-12-22-21(25)20-10-9-18(16-23-20)24-13-4-2-3-5-14-24/h6-10,15-16H,2-5,11-14H2,1H3,(H,22,25). The average Bonchev–Trinajstić information content (AvgIpc) is 2.98. The molecule has 0 spiro atoms. The zero-order chi connectivity index (χ0) is 18.2. The van der Waals surface area contributed by atoms with Gasteiger partial charge in [-0.1, -0.05) is 25.0 Å². The number of amides is 1. The van der Waals surface area contributed by atoms with Crippen LogP contribution in [0.15, 0.2) is 42.6 Å². The number of hydrogen-bond acceptors (Lipinski definition) is 4. The van der Waals surface area contributed by atoms with Crippen LogP contribution in [0.1, 0.15) is 41.7 Å². The van der Waals surface area contributed by atoms with Crippen LogP contribution in [0.4, 0.5) is 5.69 Å². The van der Waals surface area contributed by atoms with E-state index in [2.05, 4.69) is 15.2 Å². The van der Waals surface area contributed by atoms with Crippen LogP contribution in [0.5, 0.6) is 5.75 Å². The summed E-state index contributed by atoms with van der Waals surface area (Å²) >= 11 is 0. The van der Waals surface area contributed by atoms with E-state index in [0.29, 0.717) is 12.2 Å². The smallest absolute Gasteiger partial charge is 0.269 e. The summed E-state index contributed by atoms with van der Waals surface area (Å²) in [6, 6.07) is 11.7. The van der Waals surface area contributed by atoms with Gasteiger partial charge in [0, 0.05) is 19.6 Å². The molecule has 1 aromatic carbocycles. The van der Waals surface area contributed by atoms with Gasteiger partial charge in [-0.15, -0.1) is 0 Å². The zero-order valence-corrected chi connectivity index (χ0v) is 15.4. The number of carbonyl (C=O) groups is 1. The van der Waals surface area contributed by atoms with E-state index < -0.39 is 0 Å². The summed E-state index contributed by atoms with van der Waals surface area (Å²) in [6.45, 7) is 2.73. The van der Waals surface area contributed by atoms with E-state index in [9.17, 15) is 4.79 Å². The maximum Gasteiger partial charge on any atom is 0.269 e. The molecule has 1 fully saturated rings. The minimum atomic E-state index is -0.129. The number of carbonyl (C=O) groups excluding carboxylic acids is 1. The fourth-order valence-electron chi connectivity index (χ4n) is 3.28. The molecule has 1 amide bonds. The molecule has 0 unspecified atom stereocenters. The van der Waals surface area contributed by atoms with Gasteiger partial charge in [0.25, 0.3) is 5.91 Å². The Kier molecular flexibility index (Phi) is 6.47. The third-order valence-electron chi connectivity index (χ3n) is 4.79. The third-order valence-corrected chi connectivity index (χ3v) is 4.79. The predicted octanol–water partition coefficient (Wildman–Crippen LogP) is 3.44. The highest BCUT2D eigenvalue weighted by Crippen LogP contribution is 2.18. The summed E-state index contributed by atoms with van der Waals surface area (Å²) in [7, 11) is 1.65. The van der Waals surface area contributed by atoms with Crippen molar-refractivity contribution < 1.29 is 9.53 Å². The van der Waals surface area contributed by atoms with Crippen LogP contribution in [-0.4, -0.2) is 37.6 Å². The average molecular weight is 353 g/mol. The molecule has 0 bridgehead atoms. The number of benzene rings is 1. The van der Waals surface area contributed by atoms with Crippen molar-refractivity contribution in [1.82, 2.24) is 10.3 Å². The van der Waals surface area contributed by atoms with E-state index >= 15 is 0 Å². The number of nitrogens with zero attached hydrogens (tertiary/aromatic N) is 2. The summed E-state index contributed by atoms with van der Waals surface area (Å²) in [5.74, 6) is 0.704. The van der Waals surface area contributed by atoms with E-state index in [1.54, 1.807) is 7.11 Å². The molecule has 1 saturated heterocycles. The fourth-order valence-corrected chi connectivity index (χ4v) is 3.28. The molecule has 5 nitrogen and oxygen atoms in total. The molecule has 0 radical (unpaired) electrons. The minimum Gasteiger partial charge on any atom is -0.497 e. The Morgan fingerprint density at radius 2 is 1.96 bits per heavy atom. The summed E-state index contributed by atoms with van der Waals surface area (Å²) in [5, 5.41) is 2.94. The van der Waals surface area contributed by atoms with Crippen molar-refractivity contribution in [2.24, 2.45) is 0 Å². The van der Waals surface area contributed by atoms with E-state index in [0.717, 1.165) is 36.5 Å². The third kappa shape index (κ3) is 4.97. The van der Waals surface area contributed by atoms with Gasteiger partial charge in [-0.2, -0.15) is 0 Å². The lowest BCUT2D eigenvalue weighted by atomic mass is 10.1. The molecular weight excluding hydrogens is 326 g/mol. The summed E-state index contributed by atoms with van der Waals surface area (Å²) in [5.41, 5.74) is 2.71. The fraction of sp³-hybridized carbons (Fsp3) is 0.429. The first-order valence-electron chi connectivity index (χ1n) is 9.38. The lowest BCUT2D eigenvalue weighted by molar-refractivity contribution is 0.0949. The maximum absolute atomic E-state index is 12.3. The number of rotatable bonds is 6. The normalized spacial score (nSPS) is 14.6. The Morgan fingerprint density at radius 3 is 2.65 bits per heavy atom. The monoisotopic (exact) mass is 353 g/mol. The Morgan fingerprint density at radius 1 is 1.15 bits per heavy atom. The molecule has 1 aromatic heterocycles. The van der Waals surface area contributed by atoms with Crippen LogP contribution in [0.2, 0.25) is 0 Å². The van der Waals surface area contributed by atoms with Gasteiger partial charge in [0.2, 0.25) is 0 Å². The zero-order valence-electron chi connectivity index (χ0n) is 15.4. The first-order chi connectivity index (χ1) is 12.8. The molecule has 1 N–H and O–H groups in total. The number of aromatic nitrogens is 1. The first kappa shape index (κ1) is 18.2. The molecule has 2 heterocycles. The quantitative estimate of drug-likeness (QED) is 0.864. The van der Waals surface area contributed by atoms with E-state index in [-0.39, 0.29) is 5.91 Å². The highest BCUT2D eigenvalue weighted by molar-refractivity contribution is 5.92. The second kappa shape index (κ2) is 9.22. The molecule has 0 saturated carbocycles. The number of pyridine rings is 1. The minimum absolute atomic E-state index is 0.129. The van der Waals surface area contributed by atoms with Crippen molar-refractivity contribution in [1.29, 1.82) is 0 Å². The summed E-state index contributed by atoms with van der Waals surface area (Å²) < 4.78 is 5.22. The van der Waals surface area contributed by atoms with Gasteiger partial charge in [0.15, 0.2) is 0 Å². The summed E-state index contributed by atoms with van der Waals surface area (Å²) in [6.07, 6.45) is 7.64. The SMILES string of the molecule is COc1cccc(CCNC(=O)c2ccc(N3CCCCCC3)cn2)c1. The Bertz CT molecular complexity index is 707. The topological polar surface area (TPSA) is 54.5 Å². The molecular formula is C21H27N3O2. The van der Waals surface area contributed by atoms with E-state index in [4.69, 9.17) is 4.74 Å². The van der Waals surface area contributed by atoms with Crippen LogP contribution in [0.25, 0.3) is 0 Å². The van der Waals surface area contributed by atoms with Crippen molar-refractivity contribution in [3.63, 3.8) is 0 Å². The Labute approximate surface area is 155 Å². The number of ether oxygens (including phenoxy) is 1. The van der Waals surface area contributed by atoms with Crippen molar-refractivity contribution in [2.45, 2.75) is 32.1 Å². The number of methoxy groups -OCH3 is 1. The second-order valence-electron chi connectivity index (χ2n) is 6.66. The van der Waals surface area contributed by atoms with E-state index in [1.807, 2.05) is 42.6 Å². The predicted molar refractivity (Wildman–Crippen MR) is 104 cm³/mol. The van der Waals surface area contributed by atoms with Crippen LogP contribution in [0.3, 0.4) is 0 Å². The highest BCUT2D eigenvalue weighted by atomic mass is 16.5. The van der Waals surface area contributed by atoms with Crippen molar-refractivity contribution >= 4 is 11.6 Å². The molecule has 5 heteroatoms. The van der Waals surface area contributed by atoms with Gasteiger partial charge in [0.1, 0.15) is 11.4 Å². The van der Waals surface area contributed by atoms with Gasteiger partial charge in [-0.3, -0.25) is 4.79 Å². The van der Waals surface area contributed by atoms with Crippen molar-refractivity contribution in [3.8, 4) is 5.75 Å². The molecule has 138 valence electrons. The number of nitrogens with one attached hydrogen (secondary N) is 1. The summed E-state index contributed by atoms with van der Waals surface area (Å²) in [4.78, 5) is 19.0. The van der Waals surface area contributed by atoms with Gasteiger partial charge in [-0.25, -0.2) is 4.98 Å². The van der Waals surface area contributed by atoms with Crippen LogP contribution < -0.4 is 15.0 Å². The number of hydrogen-bond donors (Lipinski definition) is 1. The largest absolute Gasteiger partial charge is 0.497 e. The van der Waals surface area contributed by atoms with Crippen molar-refractivity contribution in [2.75, 3.05) is 31.6 Å². The second-order valence-corrected chi connectivity index (χ2v) is 6.66. The molecule has 1 aliphatic heterocycles. The Hall–Kier alpha value is -2.56. The van der Waals surface area contributed by atoms with Gasteiger partial charge >= 0.3 is 0 Å². The van der Waals surface area contributed by atoms with Crippen LogP contribution in [0, 0.1) is 0 Å². The lowest BCUT2D eigenvalue weighted by Gasteiger charge is -2.22. The molecule has 2 aromatic rings. The highest BCUT2D eigenvalue weighted by Gasteiger charge is 2.12. The van der Waals surface area contributed by atoms with Crippen LogP contribution >= 0.6 is 0 Å². The van der Waals surface area contributed by atoms with Gasteiger partial charge in [0.05, 0.1) is 19.0 Å². The molecule has 1 aliphatic rings. The molecule has 3 rings (SSSR count). The maximum atomic E-state index is 12.3. The van der Waals surface area contributed by atoms with Gasteiger partial charge in [-0.05, 0) is 49.1 Å². The first-order valence-corrected chi connectivity index (χ1v) is 9.38. The Balaban J connectivity index is 1.51. The lowest BCUT2D eigenvalue weighted by Crippen LogP contribution is -2.27. The van der Waals surface area contributed by atoms with Gasteiger partial charge < -0.3 is 15.0 Å². The number of anilines is 1.